The van der Waals surface area contributed by atoms with Gasteiger partial charge in [-0.1, -0.05) is 0 Å². The molecule has 2 heterocycles. The zero-order chi connectivity index (χ0) is 10.6. The Balaban J connectivity index is 1.97. The largest absolute Gasteiger partial charge is 0.381 e. The lowest BCUT2D eigenvalue weighted by atomic mass is 9.66. The first-order chi connectivity index (χ1) is 7.37. The second-order valence-electron chi connectivity index (χ2n) is 4.79. The maximum atomic E-state index is 5.61. The summed E-state index contributed by atoms with van der Waals surface area (Å²) in [7, 11) is 0. The Kier molecular flexibility index (Phi) is 4.00. The molecule has 0 radical (unpaired) electrons. The summed E-state index contributed by atoms with van der Waals surface area (Å²) in [6.07, 6.45) is 3.83. The second-order valence-corrected chi connectivity index (χ2v) is 4.79. The Hall–Kier alpha value is -0.120. The molecule has 0 aliphatic carbocycles. The standard InChI is InChI=1S/C12H23NO2/c1-2-14-9-11-10-15-8-5-12(11)3-6-13-7-4-12/h11,13H,2-10H2,1H3. The van der Waals surface area contributed by atoms with E-state index < -0.39 is 0 Å². The average Bonchev–Trinajstić information content (AvgIpc) is 2.29. The van der Waals surface area contributed by atoms with Crippen molar-refractivity contribution in [2.24, 2.45) is 11.3 Å². The number of rotatable bonds is 3. The van der Waals surface area contributed by atoms with E-state index in [0.29, 0.717) is 11.3 Å². The summed E-state index contributed by atoms with van der Waals surface area (Å²) >= 11 is 0. The van der Waals surface area contributed by atoms with Crippen molar-refractivity contribution in [2.45, 2.75) is 26.2 Å². The minimum absolute atomic E-state index is 0.513. The molecule has 1 atom stereocenters. The first kappa shape index (κ1) is 11.4. The van der Waals surface area contributed by atoms with Gasteiger partial charge in [0.25, 0.3) is 0 Å². The topological polar surface area (TPSA) is 30.5 Å². The molecule has 0 aromatic heterocycles. The van der Waals surface area contributed by atoms with Gasteiger partial charge in [-0.2, -0.15) is 0 Å². The van der Waals surface area contributed by atoms with Crippen molar-refractivity contribution in [1.82, 2.24) is 5.32 Å². The number of nitrogens with one attached hydrogen (secondary N) is 1. The predicted octanol–water partition coefficient (Wildman–Crippen LogP) is 1.43. The van der Waals surface area contributed by atoms with E-state index in [1.165, 1.54) is 32.4 Å². The van der Waals surface area contributed by atoms with Gasteiger partial charge in [0.15, 0.2) is 0 Å². The van der Waals surface area contributed by atoms with Crippen LogP contribution in [0.15, 0.2) is 0 Å². The molecule has 3 heteroatoms. The molecule has 1 N–H and O–H groups in total. The molecule has 0 amide bonds. The third kappa shape index (κ3) is 2.52. The summed E-state index contributed by atoms with van der Waals surface area (Å²) < 4.78 is 11.2. The minimum atomic E-state index is 0.513. The van der Waals surface area contributed by atoms with Crippen LogP contribution in [0.3, 0.4) is 0 Å². The molecule has 15 heavy (non-hydrogen) atoms. The second kappa shape index (κ2) is 5.28. The summed E-state index contributed by atoms with van der Waals surface area (Å²) in [4.78, 5) is 0. The van der Waals surface area contributed by atoms with Crippen LogP contribution in [-0.4, -0.2) is 39.5 Å². The van der Waals surface area contributed by atoms with Crippen molar-refractivity contribution < 1.29 is 9.47 Å². The third-order valence-electron chi connectivity index (χ3n) is 4.05. The quantitative estimate of drug-likeness (QED) is 0.769. The minimum Gasteiger partial charge on any atom is -0.381 e. The van der Waals surface area contributed by atoms with Crippen molar-refractivity contribution in [3.63, 3.8) is 0 Å². The molecule has 1 unspecified atom stereocenters. The zero-order valence-corrected chi connectivity index (χ0v) is 9.76. The van der Waals surface area contributed by atoms with E-state index in [4.69, 9.17) is 9.47 Å². The summed E-state index contributed by atoms with van der Waals surface area (Å²) in [5.74, 6) is 0.619. The van der Waals surface area contributed by atoms with E-state index in [1.54, 1.807) is 0 Å². The smallest absolute Gasteiger partial charge is 0.0521 e. The van der Waals surface area contributed by atoms with Gasteiger partial charge in [0, 0.05) is 19.1 Å². The highest BCUT2D eigenvalue weighted by molar-refractivity contribution is 4.92. The lowest BCUT2D eigenvalue weighted by molar-refractivity contribution is -0.0870. The van der Waals surface area contributed by atoms with Crippen molar-refractivity contribution in [1.29, 1.82) is 0 Å². The molecule has 3 nitrogen and oxygen atoms in total. The predicted molar refractivity (Wildman–Crippen MR) is 60.0 cm³/mol. The first-order valence-electron chi connectivity index (χ1n) is 6.23. The van der Waals surface area contributed by atoms with Gasteiger partial charge in [-0.3, -0.25) is 0 Å². The van der Waals surface area contributed by atoms with Crippen molar-refractivity contribution in [3.8, 4) is 0 Å². The Morgan fingerprint density at radius 2 is 2.13 bits per heavy atom. The van der Waals surface area contributed by atoms with Crippen LogP contribution in [0, 0.1) is 11.3 Å². The van der Waals surface area contributed by atoms with Crippen molar-refractivity contribution >= 4 is 0 Å². The van der Waals surface area contributed by atoms with Gasteiger partial charge < -0.3 is 14.8 Å². The van der Waals surface area contributed by atoms with Crippen LogP contribution in [0.25, 0.3) is 0 Å². The van der Waals surface area contributed by atoms with Gasteiger partial charge >= 0.3 is 0 Å². The van der Waals surface area contributed by atoms with E-state index in [-0.39, 0.29) is 0 Å². The van der Waals surface area contributed by atoms with E-state index in [9.17, 15) is 0 Å². The zero-order valence-electron chi connectivity index (χ0n) is 9.76. The van der Waals surface area contributed by atoms with Gasteiger partial charge in [-0.15, -0.1) is 0 Å². The average molecular weight is 213 g/mol. The molecule has 2 rings (SSSR count). The molecular weight excluding hydrogens is 190 g/mol. The van der Waals surface area contributed by atoms with Crippen LogP contribution in [-0.2, 0) is 9.47 Å². The maximum absolute atomic E-state index is 5.61. The summed E-state index contributed by atoms with van der Waals surface area (Å²) in [6, 6.07) is 0. The van der Waals surface area contributed by atoms with Gasteiger partial charge in [0.05, 0.1) is 13.2 Å². The van der Waals surface area contributed by atoms with Crippen LogP contribution < -0.4 is 5.32 Å². The van der Waals surface area contributed by atoms with E-state index in [2.05, 4.69) is 12.2 Å². The fraction of sp³-hybridized carbons (Fsp3) is 1.00. The van der Waals surface area contributed by atoms with E-state index in [0.717, 1.165) is 26.4 Å². The highest BCUT2D eigenvalue weighted by atomic mass is 16.5. The maximum Gasteiger partial charge on any atom is 0.0521 e. The fourth-order valence-electron chi connectivity index (χ4n) is 2.95. The Morgan fingerprint density at radius 1 is 1.33 bits per heavy atom. The van der Waals surface area contributed by atoms with Gasteiger partial charge in [0.1, 0.15) is 0 Å². The van der Waals surface area contributed by atoms with Crippen LogP contribution in [0.5, 0.6) is 0 Å². The first-order valence-corrected chi connectivity index (χ1v) is 6.23. The molecule has 1 spiro atoms. The molecule has 2 fully saturated rings. The molecule has 0 saturated carbocycles. The number of hydrogen-bond acceptors (Lipinski definition) is 3. The molecule has 88 valence electrons. The lowest BCUT2D eigenvalue weighted by Crippen LogP contribution is -2.48. The van der Waals surface area contributed by atoms with Gasteiger partial charge in [-0.25, -0.2) is 0 Å². The molecule has 0 aromatic carbocycles. The number of ether oxygens (including phenoxy) is 2. The molecular formula is C12H23NO2. The fourth-order valence-corrected chi connectivity index (χ4v) is 2.95. The van der Waals surface area contributed by atoms with Crippen molar-refractivity contribution in [2.75, 3.05) is 39.5 Å². The Bertz CT molecular complexity index is 182. The van der Waals surface area contributed by atoms with Gasteiger partial charge in [-0.05, 0) is 44.7 Å². The van der Waals surface area contributed by atoms with Crippen LogP contribution >= 0.6 is 0 Å². The summed E-state index contributed by atoms with van der Waals surface area (Å²) in [6.45, 7) is 7.97. The van der Waals surface area contributed by atoms with Crippen molar-refractivity contribution in [3.05, 3.63) is 0 Å². The van der Waals surface area contributed by atoms with Gasteiger partial charge in [0.2, 0.25) is 0 Å². The Labute approximate surface area is 92.5 Å². The number of hydrogen-bond donors (Lipinski definition) is 1. The van der Waals surface area contributed by atoms with Crippen LogP contribution in [0.2, 0.25) is 0 Å². The van der Waals surface area contributed by atoms with E-state index in [1.807, 2.05) is 0 Å². The summed E-state index contributed by atoms with van der Waals surface area (Å²) in [5, 5.41) is 3.45. The molecule has 0 aromatic rings. The van der Waals surface area contributed by atoms with E-state index >= 15 is 0 Å². The summed E-state index contributed by atoms with van der Waals surface area (Å²) in [5.41, 5.74) is 0.513. The molecule has 2 saturated heterocycles. The SMILES string of the molecule is CCOCC1COCCC12CCNCC2. The highest BCUT2D eigenvalue weighted by Crippen LogP contribution is 2.43. The number of piperidine rings is 1. The molecule has 2 aliphatic rings. The lowest BCUT2D eigenvalue weighted by Gasteiger charge is -2.46. The highest BCUT2D eigenvalue weighted by Gasteiger charge is 2.41. The molecule has 0 bridgehead atoms. The van der Waals surface area contributed by atoms with Crippen LogP contribution in [0.1, 0.15) is 26.2 Å². The third-order valence-corrected chi connectivity index (χ3v) is 4.05. The molecule has 2 aliphatic heterocycles. The Morgan fingerprint density at radius 3 is 2.87 bits per heavy atom. The monoisotopic (exact) mass is 213 g/mol. The van der Waals surface area contributed by atoms with Crippen LogP contribution in [0.4, 0.5) is 0 Å². The normalized spacial score (nSPS) is 30.6.